The number of hydrogen-bond donors (Lipinski definition) is 1. The lowest BCUT2D eigenvalue weighted by Crippen LogP contribution is -2.37. The van der Waals surface area contributed by atoms with Crippen LogP contribution in [-0.4, -0.2) is 52.4 Å². The van der Waals surface area contributed by atoms with Gasteiger partial charge in [0, 0.05) is 17.7 Å². The number of rotatable bonds is 9. The molecule has 2 heterocycles. The van der Waals surface area contributed by atoms with Crippen LogP contribution in [0.25, 0.3) is 11.3 Å². The zero-order valence-electron chi connectivity index (χ0n) is 21.8. The second kappa shape index (κ2) is 12.2. The lowest BCUT2D eigenvalue weighted by Gasteiger charge is -2.23. The summed E-state index contributed by atoms with van der Waals surface area (Å²) in [7, 11) is 0. The van der Waals surface area contributed by atoms with Crippen molar-refractivity contribution in [2.75, 3.05) is 19.8 Å². The van der Waals surface area contributed by atoms with Gasteiger partial charge in [-0.15, -0.1) is 0 Å². The van der Waals surface area contributed by atoms with E-state index in [1.807, 2.05) is 36.4 Å². The van der Waals surface area contributed by atoms with Gasteiger partial charge >= 0.3 is 0 Å². The fourth-order valence-corrected chi connectivity index (χ4v) is 5.55. The number of aromatic nitrogens is 1. The molecule has 1 N–H and O–H groups in total. The van der Waals surface area contributed by atoms with Crippen molar-refractivity contribution < 1.29 is 19.0 Å². The Morgan fingerprint density at radius 3 is 2.50 bits per heavy atom. The Morgan fingerprint density at radius 1 is 1.06 bits per heavy atom. The van der Waals surface area contributed by atoms with Crippen molar-refractivity contribution in [1.82, 2.24) is 9.88 Å². The first-order valence-corrected chi connectivity index (χ1v) is 13.6. The molecule has 1 saturated heterocycles. The quantitative estimate of drug-likeness (QED) is 0.405. The molecule has 2 aromatic rings. The van der Waals surface area contributed by atoms with Gasteiger partial charge in [0.1, 0.15) is 11.4 Å². The molecule has 0 bridgehead atoms. The summed E-state index contributed by atoms with van der Waals surface area (Å²) < 4.78 is 19.9. The maximum Gasteiger partial charge on any atom is 0.254 e. The highest BCUT2D eigenvalue weighted by molar-refractivity contribution is 5.95. The van der Waals surface area contributed by atoms with Gasteiger partial charge in [0.15, 0.2) is 0 Å². The van der Waals surface area contributed by atoms with Gasteiger partial charge in [-0.05, 0) is 88.5 Å². The number of carbonyl (C=O) groups excluding carboxylic acids is 1. The maximum atomic E-state index is 13.9. The van der Waals surface area contributed by atoms with E-state index in [4.69, 9.17) is 4.74 Å². The normalized spacial score (nSPS) is 22.9. The number of alkyl halides is 1. The molecular weight excluding hydrogens is 455 g/mol. The predicted octanol–water partition coefficient (Wildman–Crippen LogP) is 6.45. The summed E-state index contributed by atoms with van der Waals surface area (Å²) in [5, 5.41) is 9.50. The van der Waals surface area contributed by atoms with E-state index in [2.05, 4.69) is 4.98 Å². The van der Waals surface area contributed by atoms with Gasteiger partial charge in [0.25, 0.3) is 5.91 Å². The lowest BCUT2D eigenvalue weighted by atomic mass is 9.90. The molecule has 1 saturated carbocycles. The number of hydrogen-bond acceptors (Lipinski definition) is 4. The van der Waals surface area contributed by atoms with Gasteiger partial charge in [0.05, 0.1) is 31.1 Å². The van der Waals surface area contributed by atoms with Crippen LogP contribution in [-0.2, 0) is 0 Å². The average molecular weight is 497 g/mol. The summed E-state index contributed by atoms with van der Waals surface area (Å²) in [6.07, 6.45) is 11.1. The molecule has 1 aliphatic heterocycles. The van der Waals surface area contributed by atoms with E-state index in [-0.39, 0.29) is 18.6 Å². The summed E-state index contributed by atoms with van der Waals surface area (Å²) in [4.78, 5) is 19.1. The summed E-state index contributed by atoms with van der Waals surface area (Å²) in [5.41, 5.74) is 1.36. The average Bonchev–Trinajstić information content (AvgIpc) is 3.24. The molecule has 1 amide bonds. The first kappa shape index (κ1) is 26.6. The van der Waals surface area contributed by atoms with Crippen LogP contribution in [0, 0.1) is 11.8 Å². The highest BCUT2D eigenvalue weighted by atomic mass is 19.1. The van der Waals surface area contributed by atoms with Crippen LogP contribution in [0.1, 0.15) is 82.0 Å². The van der Waals surface area contributed by atoms with Crippen molar-refractivity contribution in [3.8, 4) is 17.0 Å². The SMILES string of the molecule is CC(C)(F)CCC1CCCC(COc2ccc(-c3ccc(C(=O)N4CCCC4CO)cc3)nc2)CC1. The van der Waals surface area contributed by atoms with E-state index < -0.39 is 5.67 Å². The minimum absolute atomic E-state index is 0.0163. The zero-order valence-corrected chi connectivity index (χ0v) is 21.8. The first-order valence-electron chi connectivity index (χ1n) is 13.6. The van der Waals surface area contributed by atoms with Crippen molar-refractivity contribution >= 4 is 5.91 Å². The molecule has 2 aliphatic rings. The van der Waals surface area contributed by atoms with Gasteiger partial charge in [-0.25, -0.2) is 4.39 Å². The fourth-order valence-electron chi connectivity index (χ4n) is 5.55. The van der Waals surface area contributed by atoms with E-state index in [1.54, 1.807) is 24.9 Å². The molecule has 0 radical (unpaired) electrons. The number of benzene rings is 1. The molecule has 5 nitrogen and oxygen atoms in total. The Hall–Kier alpha value is -2.47. The third-order valence-corrected chi connectivity index (χ3v) is 7.85. The summed E-state index contributed by atoms with van der Waals surface area (Å²) in [6.45, 7) is 4.78. The summed E-state index contributed by atoms with van der Waals surface area (Å²) >= 11 is 0. The molecule has 36 heavy (non-hydrogen) atoms. The van der Waals surface area contributed by atoms with Crippen LogP contribution in [0.3, 0.4) is 0 Å². The number of pyridine rings is 1. The van der Waals surface area contributed by atoms with Crippen molar-refractivity contribution in [3.05, 3.63) is 48.2 Å². The van der Waals surface area contributed by atoms with Crippen LogP contribution in [0.2, 0.25) is 0 Å². The topological polar surface area (TPSA) is 62.7 Å². The molecule has 4 rings (SSSR count). The Morgan fingerprint density at radius 2 is 1.81 bits per heavy atom. The van der Waals surface area contributed by atoms with Crippen LogP contribution in [0.4, 0.5) is 4.39 Å². The zero-order chi connectivity index (χ0) is 25.5. The Balaban J connectivity index is 1.26. The number of ether oxygens (including phenoxy) is 1. The molecule has 3 unspecified atom stereocenters. The summed E-state index contributed by atoms with van der Waals surface area (Å²) in [5.74, 6) is 1.93. The fraction of sp³-hybridized carbons (Fsp3) is 0.600. The molecule has 1 aliphatic carbocycles. The van der Waals surface area contributed by atoms with Crippen molar-refractivity contribution in [2.45, 2.75) is 83.3 Å². The smallest absolute Gasteiger partial charge is 0.254 e. The van der Waals surface area contributed by atoms with E-state index in [0.717, 1.165) is 49.1 Å². The van der Waals surface area contributed by atoms with Crippen molar-refractivity contribution in [1.29, 1.82) is 0 Å². The number of aliphatic hydroxyl groups excluding tert-OH is 1. The van der Waals surface area contributed by atoms with Crippen LogP contribution >= 0.6 is 0 Å². The van der Waals surface area contributed by atoms with Gasteiger partial charge in [-0.2, -0.15) is 0 Å². The molecule has 6 heteroatoms. The minimum atomic E-state index is -1.06. The number of amides is 1. The molecule has 1 aromatic heterocycles. The number of aliphatic hydroxyl groups is 1. The van der Waals surface area contributed by atoms with Gasteiger partial charge in [0.2, 0.25) is 0 Å². The van der Waals surface area contributed by atoms with Crippen molar-refractivity contribution in [3.63, 3.8) is 0 Å². The highest BCUT2D eigenvalue weighted by Gasteiger charge is 2.28. The number of nitrogens with zero attached hydrogens (tertiary/aromatic N) is 2. The second-order valence-electron chi connectivity index (χ2n) is 11.2. The van der Waals surface area contributed by atoms with E-state index >= 15 is 0 Å². The molecule has 2 fully saturated rings. The largest absolute Gasteiger partial charge is 0.492 e. The summed E-state index contributed by atoms with van der Waals surface area (Å²) in [6, 6.07) is 11.4. The van der Waals surface area contributed by atoms with E-state index in [0.29, 0.717) is 37.0 Å². The Labute approximate surface area is 215 Å². The maximum absolute atomic E-state index is 13.9. The number of likely N-dealkylation sites (tertiary alicyclic amines) is 1. The lowest BCUT2D eigenvalue weighted by molar-refractivity contribution is 0.0677. The Bertz CT molecular complexity index is 971. The van der Waals surface area contributed by atoms with E-state index in [9.17, 15) is 14.3 Å². The molecule has 196 valence electrons. The highest BCUT2D eigenvalue weighted by Crippen LogP contribution is 2.33. The number of carbonyl (C=O) groups is 1. The molecular formula is C30H41FN2O3. The van der Waals surface area contributed by atoms with Gasteiger partial charge in [-0.3, -0.25) is 9.78 Å². The predicted molar refractivity (Wildman–Crippen MR) is 141 cm³/mol. The minimum Gasteiger partial charge on any atom is -0.492 e. The standard InChI is InChI=1S/C30H41FN2O3/c1-30(2,31)17-16-22-5-3-6-23(9-8-22)21-36-27-14-15-28(32-19-27)24-10-12-25(13-11-24)29(35)33-18-4-7-26(33)20-34/h10-15,19,22-23,26,34H,3-9,16-18,20-21H2,1-2H3. The van der Waals surface area contributed by atoms with Gasteiger partial charge < -0.3 is 14.7 Å². The third-order valence-electron chi connectivity index (χ3n) is 7.85. The second-order valence-corrected chi connectivity index (χ2v) is 11.2. The Kier molecular flexibility index (Phi) is 9.00. The van der Waals surface area contributed by atoms with Crippen LogP contribution in [0.15, 0.2) is 42.6 Å². The molecule has 0 spiro atoms. The first-order chi connectivity index (χ1) is 17.3. The monoisotopic (exact) mass is 496 g/mol. The van der Waals surface area contributed by atoms with Crippen molar-refractivity contribution in [2.24, 2.45) is 11.8 Å². The molecule has 3 atom stereocenters. The number of halogens is 1. The molecule has 1 aromatic carbocycles. The van der Waals surface area contributed by atoms with Gasteiger partial charge in [-0.1, -0.05) is 31.4 Å². The van der Waals surface area contributed by atoms with E-state index in [1.165, 1.54) is 19.3 Å². The van der Waals surface area contributed by atoms with Crippen LogP contribution in [0.5, 0.6) is 5.75 Å². The van der Waals surface area contributed by atoms with Crippen LogP contribution < -0.4 is 4.74 Å². The third kappa shape index (κ3) is 7.28.